The van der Waals surface area contributed by atoms with Crippen LogP contribution in [0.4, 0.5) is 10.1 Å². The molecule has 1 N–H and O–H groups in total. The molecule has 0 aromatic heterocycles. The third-order valence-electron chi connectivity index (χ3n) is 5.84. The van der Waals surface area contributed by atoms with Gasteiger partial charge >= 0.3 is 0 Å². The number of nitrogens with zero attached hydrogens (tertiary/aromatic N) is 2. The predicted molar refractivity (Wildman–Crippen MR) is 153 cm³/mol. The SMILES string of the molecule is CC(C)NC(=O)C(Cc1ccccc1)N(Cc1ccc(Cl)cc1)C(=O)CN(c1ccc(F)c(Cl)c1)S(C)(=O)=O. The maximum Gasteiger partial charge on any atom is 0.244 e. The van der Waals surface area contributed by atoms with Crippen LogP contribution in [0.5, 0.6) is 0 Å². The Bertz CT molecular complexity index is 1400. The van der Waals surface area contributed by atoms with Gasteiger partial charge in [0, 0.05) is 24.0 Å². The third kappa shape index (κ3) is 8.68. The molecule has 0 aliphatic carbocycles. The van der Waals surface area contributed by atoms with Gasteiger partial charge in [0.25, 0.3) is 0 Å². The van der Waals surface area contributed by atoms with Gasteiger partial charge in [-0.3, -0.25) is 13.9 Å². The van der Waals surface area contributed by atoms with Crippen LogP contribution in [0, 0.1) is 5.82 Å². The molecule has 0 saturated heterocycles. The minimum absolute atomic E-state index is 0.0147. The molecule has 0 bridgehead atoms. The van der Waals surface area contributed by atoms with E-state index in [9.17, 15) is 22.4 Å². The second kappa shape index (κ2) is 13.3. The second-order valence-corrected chi connectivity index (χ2v) is 12.1. The Hall–Kier alpha value is -3.14. The van der Waals surface area contributed by atoms with E-state index in [1.807, 2.05) is 44.2 Å². The van der Waals surface area contributed by atoms with E-state index in [0.717, 1.165) is 28.3 Å². The normalized spacial score (nSPS) is 12.2. The highest BCUT2D eigenvalue weighted by atomic mass is 35.5. The van der Waals surface area contributed by atoms with Crippen LogP contribution in [0.15, 0.2) is 72.8 Å². The maximum atomic E-state index is 13.9. The third-order valence-corrected chi connectivity index (χ3v) is 7.52. The van der Waals surface area contributed by atoms with Gasteiger partial charge in [-0.15, -0.1) is 0 Å². The zero-order valence-corrected chi connectivity index (χ0v) is 24.1. The molecule has 3 rings (SSSR count). The summed E-state index contributed by atoms with van der Waals surface area (Å²) in [4.78, 5) is 28.7. The maximum absolute atomic E-state index is 13.9. The molecule has 0 radical (unpaired) electrons. The van der Waals surface area contributed by atoms with Crippen LogP contribution >= 0.6 is 23.2 Å². The van der Waals surface area contributed by atoms with Crippen LogP contribution in [0.25, 0.3) is 0 Å². The number of carbonyl (C=O) groups excluding carboxylic acids is 2. The van der Waals surface area contributed by atoms with Crippen molar-refractivity contribution in [3.05, 3.63) is 99.8 Å². The molecule has 11 heteroatoms. The largest absolute Gasteiger partial charge is 0.352 e. The van der Waals surface area contributed by atoms with Gasteiger partial charge in [-0.1, -0.05) is 65.7 Å². The molecule has 39 heavy (non-hydrogen) atoms. The van der Waals surface area contributed by atoms with Crippen LogP contribution in [0.2, 0.25) is 10.0 Å². The van der Waals surface area contributed by atoms with Crippen LogP contribution in [-0.2, 0) is 32.6 Å². The molecule has 0 aliphatic rings. The summed E-state index contributed by atoms with van der Waals surface area (Å²) >= 11 is 11.9. The first-order chi connectivity index (χ1) is 18.3. The summed E-state index contributed by atoms with van der Waals surface area (Å²) in [5.41, 5.74) is 1.54. The monoisotopic (exact) mass is 593 g/mol. The molecule has 0 fully saturated rings. The molecule has 2 amide bonds. The smallest absolute Gasteiger partial charge is 0.244 e. The topological polar surface area (TPSA) is 86.8 Å². The number of benzene rings is 3. The molecule has 1 atom stereocenters. The van der Waals surface area contributed by atoms with E-state index in [2.05, 4.69) is 5.32 Å². The van der Waals surface area contributed by atoms with Gasteiger partial charge in [-0.25, -0.2) is 12.8 Å². The molecular formula is C28H30Cl2FN3O4S. The summed E-state index contributed by atoms with van der Waals surface area (Å²) in [7, 11) is -3.99. The summed E-state index contributed by atoms with van der Waals surface area (Å²) in [6.07, 6.45) is 1.13. The molecule has 7 nitrogen and oxygen atoms in total. The van der Waals surface area contributed by atoms with Crippen LogP contribution < -0.4 is 9.62 Å². The van der Waals surface area contributed by atoms with E-state index in [1.54, 1.807) is 24.3 Å². The molecule has 0 aliphatic heterocycles. The average molecular weight is 595 g/mol. The Kier molecular flexibility index (Phi) is 10.4. The lowest BCUT2D eigenvalue weighted by molar-refractivity contribution is -0.140. The number of halogens is 3. The highest BCUT2D eigenvalue weighted by Gasteiger charge is 2.33. The standard InChI is InChI=1S/C28H30Cl2FN3O4S/c1-19(2)32-28(36)26(15-20-7-5-4-6-8-20)33(17-21-9-11-22(29)12-10-21)27(35)18-34(39(3,37)38)23-13-14-25(31)24(30)16-23/h4-14,16,19,26H,15,17-18H2,1-3H3,(H,32,36). The fourth-order valence-electron chi connectivity index (χ4n) is 3.98. The predicted octanol–water partition coefficient (Wildman–Crippen LogP) is 5.06. The lowest BCUT2D eigenvalue weighted by Crippen LogP contribution is -2.54. The lowest BCUT2D eigenvalue weighted by atomic mass is 10.0. The molecule has 0 saturated carbocycles. The van der Waals surface area contributed by atoms with Gasteiger partial charge in [-0.05, 0) is 55.3 Å². The lowest BCUT2D eigenvalue weighted by Gasteiger charge is -2.34. The van der Waals surface area contributed by atoms with Gasteiger partial charge in [0.1, 0.15) is 18.4 Å². The van der Waals surface area contributed by atoms with Gasteiger partial charge < -0.3 is 10.2 Å². The fraction of sp³-hybridized carbons (Fsp3) is 0.286. The Labute approximate surface area is 238 Å². The first-order valence-electron chi connectivity index (χ1n) is 12.2. The minimum atomic E-state index is -3.99. The Morgan fingerprint density at radius 1 is 0.949 bits per heavy atom. The van der Waals surface area contributed by atoms with Gasteiger partial charge in [-0.2, -0.15) is 0 Å². The van der Waals surface area contributed by atoms with E-state index in [0.29, 0.717) is 10.6 Å². The van der Waals surface area contributed by atoms with Crippen molar-refractivity contribution < 1.29 is 22.4 Å². The summed E-state index contributed by atoms with van der Waals surface area (Å²) in [6.45, 7) is 3.01. The van der Waals surface area contributed by atoms with Gasteiger partial charge in [0.2, 0.25) is 21.8 Å². The fourth-order valence-corrected chi connectivity index (χ4v) is 5.12. The number of hydrogen-bond donors (Lipinski definition) is 1. The second-order valence-electron chi connectivity index (χ2n) is 9.38. The molecule has 208 valence electrons. The zero-order valence-electron chi connectivity index (χ0n) is 21.8. The average Bonchev–Trinajstić information content (AvgIpc) is 2.87. The Morgan fingerprint density at radius 2 is 1.59 bits per heavy atom. The van der Waals surface area contributed by atoms with E-state index in [1.165, 1.54) is 11.0 Å². The summed E-state index contributed by atoms with van der Waals surface area (Å²) in [5.74, 6) is -1.74. The Morgan fingerprint density at radius 3 is 2.15 bits per heavy atom. The zero-order chi connectivity index (χ0) is 28.7. The number of sulfonamides is 1. The minimum Gasteiger partial charge on any atom is -0.352 e. The van der Waals surface area contributed by atoms with E-state index in [4.69, 9.17) is 23.2 Å². The van der Waals surface area contributed by atoms with Crippen molar-refractivity contribution >= 4 is 50.7 Å². The number of amides is 2. The highest BCUT2D eigenvalue weighted by molar-refractivity contribution is 7.92. The van der Waals surface area contributed by atoms with E-state index >= 15 is 0 Å². The molecule has 0 heterocycles. The van der Waals surface area contributed by atoms with Crippen molar-refractivity contribution in [2.24, 2.45) is 0 Å². The summed E-state index contributed by atoms with van der Waals surface area (Å²) in [5, 5.41) is 3.10. The van der Waals surface area contributed by atoms with Crippen molar-refractivity contribution in [2.75, 3.05) is 17.1 Å². The summed E-state index contributed by atoms with van der Waals surface area (Å²) < 4.78 is 40.1. The molecule has 0 spiro atoms. The molecular weight excluding hydrogens is 564 g/mol. The first-order valence-corrected chi connectivity index (χ1v) is 14.8. The van der Waals surface area contributed by atoms with Crippen molar-refractivity contribution in [3.8, 4) is 0 Å². The van der Waals surface area contributed by atoms with Crippen molar-refractivity contribution in [1.29, 1.82) is 0 Å². The van der Waals surface area contributed by atoms with Crippen molar-refractivity contribution in [2.45, 2.75) is 38.9 Å². The quantitative estimate of drug-likeness (QED) is 0.336. The molecule has 3 aromatic carbocycles. The first kappa shape index (κ1) is 30.4. The van der Waals surface area contributed by atoms with Crippen LogP contribution in [0.3, 0.4) is 0 Å². The van der Waals surface area contributed by atoms with Gasteiger partial charge in [0.15, 0.2) is 0 Å². The number of carbonyl (C=O) groups is 2. The molecule has 1 unspecified atom stereocenters. The number of anilines is 1. The number of hydrogen-bond acceptors (Lipinski definition) is 4. The van der Waals surface area contributed by atoms with Crippen LogP contribution in [-0.4, -0.2) is 50.0 Å². The number of nitrogens with one attached hydrogen (secondary N) is 1. The van der Waals surface area contributed by atoms with E-state index in [-0.39, 0.29) is 35.6 Å². The van der Waals surface area contributed by atoms with Crippen molar-refractivity contribution in [1.82, 2.24) is 10.2 Å². The van der Waals surface area contributed by atoms with Crippen molar-refractivity contribution in [3.63, 3.8) is 0 Å². The van der Waals surface area contributed by atoms with E-state index < -0.39 is 34.3 Å². The highest BCUT2D eigenvalue weighted by Crippen LogP contribution is 2.25. The Balaban J connectivity index is 2.06. The summed E-state index contributed by atoms with van der Waals surface area (Å²) in [6, 6.07) is 18.3. The number of rotatable bonds is 11. The van der Waals surface area contributed by atoms with Crippen LogP contribution in [0.1, 0.15) is 25.0 Å². The molecule has 3 aromatic rings. The van der Waals surface area contributed by atoms with Gasteiger partial charge in [0.05, 0.1) is 17.0 Å².